The van der Waals surface area contributed by atoms with Gasteiger partial charge >= 0.3 is 5.97 Å². The number of rotatable bonds is 9. The third kappa shape index (κ3) is 6.37. The SMILES string of the molecule is CC[C@@H](CS(=O)(=O)C(C)C)N1C(=O)[C@@H](CC(=O)O)O[C@H](c2cc(F)cc(Cl)c2)C1c1ccc(Cl)cc1. The van der Waals surface area contributed by atoms with E-state index in [0.717, 1.165) is 6.07 Å². The Hall–Kier alpha value is -2.20. The normalized spacial score (nSPS) is 21.6. The first-order valence-corrected chi connectivity index (χ1v) is 13.9. The lowest BCUT2D eigenvalue weighted by atomic mass is 9.89. The van der Waals surface area contributed by atoms with Crippen molar-refractivity contribution in [3.05, 3.63) is 69.5 Å². The summed E-state index contributed by atoms with van der Waals surface area (Å²) in [4.78, 5) is 26.7. The average Bonchev–Trinajstić information content (AvgIpc) is 2.78. The van der Waals surface area contributed by atoms with Crippen LogP contribution in [0.3, 0.4) is 0 Å². The molecule has 0 bridgehead atoms. The zero-order valence-corrected chi connectivity index (χ0v) is 22.4. The number of benzene rings is 2. The smallest absolute Gasteiger partial charge is 0.306 e. The lowest BCUT2D eigenvalue weighted by Crippen LogP contribution is -2.56. The number of morpholine rings is 1. The van der Waals surface area contributed by atoms with Gasteiger partial charge < -0.3 is 14.7 Å². The molecule has 0 aliphatic carbocycles. The van der Waals surface area contributed by atoms with Crippen LogP contribution in [0.2, 0.25) is 10.0 Å². The van der Waals surface area contributed by atoms with Crippen molar-refractivity contribution in [3.8, 4) is 0 Å². The monoisotopic (exact) mass is 559 g/mol. The second-order valence-electron chi connectivity index (χ2n) is 9.03. The van der Waals surface area contributed by atoms with E-state index in [2.05, 4.69) is 0 Å². The molecule has 1 saturated heterocycles. The van der Waals surface area contributed by atoms with Gasteiger partial charge in [0.25, 0.3) is 5.91 Å². The van der Waals surface area contributed by atoms with Crippen molar-refractivity contribution in [2.45, 2.75) is 63.2 Å². The third-order valence-electron chi connectivity index (χ3n) is 6.22. The minimum absolute atomic E-state index is 0.0936. The summed E-state index contributed by atoms with van der Waals surface area (Å²) in [6.07, 6.45) is -2.81. The summed E-state index contributed by atoms with van der Waals surface area (Å²) in [5, 5.41) is 9.30. The third-order valence-corrected chi connectivity index (χ3v) is 8.98. The molecule has 0 radical (unpaired) electrons. The van der Waals surface area contributed by atoms with Crippen molar-refractivity contribution < 1.29 is 32.2 Å². The molecule has 1 aliphatic rings. The fourth-order valence-electron chi connectivity index (χ4n) is 4.31. The molecule has 1 fully saturated rings. The first kappa shape index (κ1) is 28.4. The van der Waals surface area contributed by atoms with E-state index in [4.69, 9.17) is 27.9 Å². The van der Waals surface area contributed by atoms with Crippen LogP contribution in [0.25, 0.3) is 0 Å². The van der Waals surface area contributed by atoms with Crippen molar-refractivity contribution in [1.29, 1.82) is 0 Å². The molecular weight excluding hydrogens is 532 g/mol. The van der Waals surface area contributed by atoms with Crippen LogP contribution in [0.1, 0.15) is 56.9 Å². The van der Waals surface area contributed by atoms with Gasteiger partial charge in [-0.05, 0) is 61.7 Å². The van der Waals surface area contributed by atoms with Gasteiger partial charge in [0, 0.05) is 16.1 Å². The number of carbonyl (C=O) groups excluding carboxylic acids is 1. The number of carboxylic acids is 1. The number of carboxylic acid groups (broad SMARTS) is 1. The maximum Gasteiger partial charge on any atom is 0.306 e. The van der Waals surface area contributed by atoms with E-state index >= 15 is 0 Å². The van der Waals surface area contributed by atoms with E-state index < -0.39 is 63.5 Å². The van der Waals surface area contributed by atoms with Crippen LogP contribution in [0.4, 0.5) is 4.39 Å². The van der Waals surface area contributed by atoms with Crippen molar-refractivity contribution in [3.63, 3.8) is 0 Å². The molecule has 1 amide bonds. The maximum absolute atomic E-state index is 14.4. The molecule has 7 nitrogen and oxygen atoms in total. The first-order valence-electron chi connectivity index (χ1n) is 11.5. The van der Waals surface area contributed by atoms with Gasteiger partial charge in [-0.2, -0.15) is 0 Å². The van der Waals surface area contributed by atoms with E-state index in [1.165, 1.54) is 17.0 Å². The Bertz CT molecular complexity index is 1200. The predicted molar refractivity (Wildman–Crippen MR) is 135 cm³/mol. The quantitative estimate of drug-likeness (QED) is 0.452. The summed E-state index contributed by atoms with van der Waals surface area (Å²) in [6, 6.07) is 8.69. The van der Waals surface area contributed by atoms with Gasteiger partial charge in [-0.25, -0.2) is 12.8 Å². The Morgan fingerprint density at radius 1 is 1.11 bits per heavy atom. The maximum atomic E-state index is 14.4. The molecule has 11 heteroatoms. The van der Waals surface area contributed by atoms with Crippen LogP contribution in [0.5, 0.6) is 0 Å². The van der Waals surface area contributed by atoms with E-state index in [1.54, 1.807) is 45.0 Å². The van der Waals surface area contributed by atoms with E-state index in [1.807, 2.05) is 0 Å². The fourth-order valence-corrected chi connectivity index (χ4v) is 5.98. The van der Waals surface area contributed by atoms with Gasteiger partial charge in [0.05, 0.1) is 23.5 Å². The van der Waals surface area contributed by atoms with Crippen LogP contribution in [0.15, 0.2) is 42.5 Å². The van der Waals surface area contributed by atoms with Crippen molar-refractivity contribution in [2.75, 3.05) is 5.75 Å². The molecule has 0 aromatic heterocycles. The highest BCUT2D eigenvalue weighted by molar-refractivity contribution is 7.92. The molecule has 0 saturated carbocycles. The number of halogens is 3. The van der Waals surface area contributed by atoms with Crippen LogP contribution in [0, 0.1) is 5.82 Å². The van der Waals surface area contributed by atoms with Crippen molar-refractivity contribution in [2.24, 2.45) is 0 Å². The molecule has 1 unspecified atom stereocenters. The molecule has 4 atom stereocenters. The highest BCUT2D eigenvalue weighted by Crippen LogP contribution is 2.45. The van der Waals surface area contributed by atoms with E-state index in [9.17, 15) is 27.5 Å². The number of ether oxygens (including phenoxy) is 1. The molecule has 1 heterocycles. The van der Waals surface area contributed by atoms with Crippen molar-refractivity contribution in [1.82, 2.24) is 4.90 Å². The van der Waals surface area contributed by atoms with Gasteiger partial charge in [-0.1, -0.05) is 42.3 Å². The number of sulfone groups is 1. The molecule has 3 rings (SSSR count). The van der Waals surface area contributed by atoms with Gasteiger partial charge in [-0.3, -0.25) is 9.59 Å². The lowest BCUT2D eigenvalue weighted by molar-refractivity contribution is -0.182. The number of nitrogens with zero attached hydrogens (tertiary/aromatic N) is 1. The zero-order chi connectivity index (χ0) is 26.8. The second-order valence-corrected chi connectivity index (χ2v) is 12.5. The van der Waals surface area contributed by atoms with Crippen molar-refractivity contribution >= 4 is 44.9 Å². The Morgan fingerprint density at radius 2 is 1.75 bits per heavy atom. The number of hydrogen-bond acceptors (Lipinski definition) is 5. The van der Waals surface area contributed by atoms with Crippen LogP contribution < -0.4 is 0 Å². The Balaban J connectivity index is 2.23. The molecule has 1 N–H and O–H groups in total. The summed E-state index contributed by atoms with van der Waals surface area (Å²) in [6.45, 7) is 4.87. The van der Waals surface area contributed by atoms with Gasteiger partial charge in [0.15, 0.2) is 9.84 Å². The fraction of sp³-hybridized carbons (Fsp3) is 0.440. The largest absolute Gasteiger partial charge is 0.481 e. The predicted octanol–water partition coefficient (Wildman–Crippen LogP) is 5.22. The number of hydrogen-bond donors (Lipinski definition) is 1. The number of amides is 1. The standard InChI is InChI=1S/C25H28Cl2FNO6S/c1-4-20(13-36(33,34)14(2)3)29-23(15-5-7-17(26)8-6-15)24(16-9-18(27)11-19(28)10-16)35-21(25(29)32)12-22(30)31/h5-11,14,20-21,23-24H,4,12-13H2,1-3H3,(H,30,31)/t20-,21+,23?,24+/m0/s1. The van der Waals surface area contributed by atoms with Gasteiger partial charge in [-0.15, -0.1) is 0 Å². The summed E-state index contributed by atoms with van der Waals surface area (Å²) >= 11 is 12.2. The highest BCUT2D eigenvalue weighted by Gasteiger charge is 2.48. The minimum atomic E-state index is -3.58. The average molecular weight is 560 g/mol. The summed E-state index contributed by atoms with van der Waals surface area (Å²) in [5.74, 6) is -2.88. The van der Waals surface area contributed by atoms with Crippen LogP contribution in [-0.4, -0.2) is 53.4 Å². The second kappa shape index (κ2) is 11.5. The molecule has 36 heavy (non-hydrogen) atoms. The summed E-state index contributed by atoms with van der Waals surface area (Å²) in [5.41, 5.74) is 0.849. The topological polar surface area (TPSA) is 101 Å². The zero-order valence-electron chi connectivity index (χ0n) is 20.0. The van der Waals surface area contributed by atoms with Crippen LogP contribution >= 0.6 is 23.2 Å². The summed E-state index contributed by atoms with van der Waals surface area (Å²) in [7, 11) is -3.58. The number of carbonyl (C=O) groups is 2. The minimum Gasteiger partial charge on any atom is -0.481 e. The van der Waals surface area contributed by atoms with E-state index in [0.29, 0.717) is 10.6 Å². The summed E-state index contributed by atoms with van der Waals surface area (Å²) < 4.78 is 46.2. The molecule has 0 spiro atoms. The van der Waals surface area contributed by atoms with Gasteiger partial charge in [0.2, 0.25) is 0 Å². The molecule has 2 aromatic rings. The first-order chi connectivity index (χ1) is 16.8. The van der Waals surface area contributed by atoms with E-state index in [-0.39, 0.29) is 22.8 Å². The van der Waals surface area contributed by atoms with Gasteiger partial charge in [0.1, 0.15) is 18.0 Å². The highest BCUT2D eigenvalue weighted by atomic mass is 35.5. The molecule has 196 valence electrons. The molecule has 1 aliphatic heterocycles. The Labute approximate surface area is 220 Å². The molecule has 2 aromatic carbocycles. The van der Waals surface area contributed by atoms with Crippen LogP contribution in [-0.2, 0) is 24.2 Å². The molecular formula is C25H28Cl2FNO6S. The number of aliphatic carboxylic acids is 1. The Kier molecular flexibility index (Phi) is 9.03. The lowest BCUT2D eigenvalue weighted by Gasteiger charge is -2.48. The Morgan fingerprint density at radius 3 is 2.28 bits per heavy atom.